The van der Waals surface area contributed by atoms with Gasteiger partial charge in [-0.1, -0.05) is 55.9 Å². The third-order valence-electron chi connectivity index (χ3n) is 5.45. The molecule has 1 atom stereocenters. The van der Waals surface area contributed by atoms with Gasteiger partial charge in [0.25, 0.3) is 0 Å². The molecule has 0 aromatic carbocycles. The van der Waals surface area contributed by atoms with E-state index in [0.29, 0.717) is 5.25 Å². The SMILES string of the molecule is CC1=C(C(C)(C)C2=CC=CC2)C2=CC3SC=CC3=C(C)C2=C1. The van der Waals surface area contributed by atoms with Gasteiger partial charge in [-0.25, -0.2) is 0 Å². The number of fused-ring (bicyclic) bond motifs is 2. The number of hydrogen-bond donors (Lipinski definition) is 0. The highest BCUT2D eigenvalue weighted by atomic mass is 32.2. The molecule has 0 N–H and O–H groups in total. The Bertz CT molecular complexity index is 773. The highest BCUT2D eigenvalue weighted by Gasteiger charge is 2.38. The summed E-state index contributed by atoms with van der Waals surface area (Å²) in [5, 5.41) is 2.76. The van der Waals surface area contributed by atoms with Gasteiger partial charge in [-0.15, -0.1) is 11.8 Å². The molecule has 0 bridgehead atoms. The molecule has 1 heteroatoms. The molecule has 0 aromatic rings. The number of rotatable bonds is 2. The summed E-state index contributed by atoms with van der Waals surface area (Å²) in [6, 6.07) is 0. The van der Waals surface area contributed by atoms with Gasteiger partial charge >= 0.3 is 0 Å². The maximum atomic E-state index is 2.50. The minimum atomic E-state index is 0.103. The van der Waals surface area contributed by atoms with Crippen molar-refractivity contribution < 1.29 is 0 Å². The van der Waals surface area contributed by atoms with E-state index in [4.69, 9.17) is 0 Å². The van der Waals surface area contributed by atoms with E-state index in [1.807, 2.05) is 11.8 Å². The minimum absolute atomic E-state index is 0.103. The fraction of sp³-hybridized carbons (Fsp3) is 0.333. The van der Waals surface area contributed by atoms with Crippen molar-refractivity contribution in [3.8, 4) is 0 Å². The van der Waals surface area contributed by atoms with Crippen molar-refractivity contribution in [1.82, 2.24) is 0 Å². The molecule has 4 aliphatic rings. The van der Waals surface area contributed by atoms with E-state index in [0.717, 1.165) is 6.42 Å². The second-order valence-corrected chi connectivity index (χ2v) is 8.14. The van der Waals surface area contributed by atoms with Crippen molar-refractivity contribution in [3.63, 3.8) is 0 Å². The number of thioether (sulfide) groups is 1. The highest BCUT2D eigenvalue weighted by Crippen LogP contribution is 2.53. The average Bonchev–Trinajstić information content (AvgIpc) is 3.16. The van der Waals surface area contributed by atoms with Crippen LogP contribution in [-0.4, -0.2) is 5.25 Å². The van der Waals surface area contributed by atoms with Crippen LogP contribution >= 0.6 is 11.8 Å². The molecule has 1 unspecified atom stereocenters. The van der Waals surface area contributed by atoms with Crippen LogP contribution in [0.2, 0.25) is 0 Å². The van der Waals surface area contributed by atoms with Gasteiger partial charge in [-0.05, 0) is 59.1 Å². The molecule has 0 amide bonds. The molecule has 0 radical (unpaired) electrons. The first kappa shape index (κ1) is 14.1. The molecule has 22 heavy (non-hydrogen) atoms. The lowest BCUT2D eigenvalue weighted by atomic mass is 9.71. The van der Waals surface area contributed by atoms with Crippen molar-refractivity contribution in [2.45, 2.75) is 39.4 Å². The molecule has 112 valence electrons. The Morgan fingerprint density at radius 3 is 2.73 bits per heavy atom. The molecular weight excluding hydrogens is 284 g/mol. The molecule has 0 aromatic heterocycles. The lowest BCUT2D eigenvalue weighted by Crippen LogP contribution is -2.21. The first-order valence-corrected chi connectivity index (χ1v) is 8.99. The summed E-state index contributed by atoms with van der Waals surface area (Å²) in [5.41, 5.74) is 10.5. The topological polar surface area (TPSA) is 0 Å². The van der Waals surface area contributed by atoms with E-state index in [9.17, 15) is 0 Å². The van der Waals surface area contributed by atoms with Gasteiger partial charge in [0, 0.05) is 5.41 Å². The van der Waals surface area contributed by atoms with E-state index in [-0.39, 0.29) is 5.41 Å². The second-order valence-electron chi connectivity index (χ2n) is 7.09. The maximum Gasteiger partial charge on any atom is 0.0530 e. The molecule has 0 fully saturated rings. The van der Waals surface area contributed by atoms with Crippen molar-refractivity contribution in [2.75, 3.05) is 0 Å². The molecule has 0 nitrogen and oxygen atoms in total. The van der Waals surface area contributed by atoms with Gasteiger partial charge in [0.2, 0.25) is 0 Å². The fourth-order valence-corrected chi connectivity index (χ4v) is 5.25. The van der Waals surface area contributed by atoms with Gasteiger partial charge < -0.3 is 0 Å². The third-order valence-corrected chi connectivity index (χ3v) is 6.42. The predicted molar refractivity (Wildman–Crippen MR) is 97.7 cm³/mol. The zero-order valence-electron chi connectivity index (χ0n) is 13.7. The maximum absolute atomic E-state index is 2.50. The average molecular weight is 306 g/mol. The molecule has 1 heterocycles. The van der Waals surface area contributed by atoms with Gasteiger partial charge in [-0.3, -0.25) is 0 Å². The van der Waals surface area contributed by atoms with Gasteiger partial charge in [0.05, 0.1) is 5.25 Å². The second kappa shape index (κ2) is 4.76. The predicted octanol–water partition coefficient (Wildman–Crippen LogP) is 6.04. The van der Waals surface area contributed by atoms with Crippen LogP contribution in [0.1, 0.15) is 34.1 Å². The Balaban J connectivity index is 1.80. The van der Waals surface area contributed by atoms with Crippen LogP contribution in [-0.2, 0) is 0 Å². The summed E-state index contributed by atoms with van der Waals surface area (Å²) in [4.78, 5) is 0. The molecule has 0 spiro atoms. The van der Waals surface area contributed by atoms with E-state index in [2.05, 4.69) is 69.6 Å². The highest BCUT2D eigenvalue weighted by molar-refractivity contribution is 8.03. The molecule has 4 rings (SSSR count). The lowest BCUT2D eigenvalue weighted by Gasteiger charge is -2.33. The Morgan fingerprint density at radius 1 is 1.18 bits per heavy atom. The van der Waals surface area contributed by atoms with E-state index < -0.39 is 0 Å². The Kier molecular flexibility index (Phi) is 3.06. The summed E-state index contributed by atoms with van der Waals surface area (Å²) in [6.07, 6.45) is 15.1. The van der Waals surface area contributed by atoms with Crippen LogP contribution in [0.15, 0.2) is 80.9 Å². The van der Waals surface area contributed by atoms with Crippen molar-refractivity contribution in [1.29, 1.82) is 0 Å². The Hall–Kier alpha value is -1.47. The van der Waals surface area contributed by atoms with Gasteiger partial charge in [-0.2, -0.15) is 0 Å². The lowest BCUT2D eigenvalue weighted by molar-refractivity contribution is 0.536. The summed E-state index contributed by atoms with van der Waals surface area (Å²) in [6.45, 7) is 9.34. The van der Waals surface area contributed by atoms with Crippen LogP contribution < -0.4 is 0 Å². The first-order chi connectivity index (χ1) is 10.5. The van der Waals surface area contributed by atoms with Crippen molar-refractivity contribution in [3.05, 3.63) is 80.9 Å². The van der Waals surface area contributed by atoms with E-state index in [1.54, 1.807) is 0 Å². The quantitative estimate of drug-likeness (QED) is 0.599. The summed E-state index contributed by atoms with van der Waals surface area (Å²) in [5.74, 6) is 0. The zero-order valence-corrected chi connectivity index (χ0v) is 14.6. The number of hydrogen-bond acceptors (Lipinski definition) is 1. The summed E-state index contributed by atoms with van der Waals surface area (Å²) < 4.78 is 0. The molecule has 1 aliphatic heterocycles. The van der Waals surface area contributed by atoms with E-state index >= 15 is 0 Å². The monoisotopic (exact) mass is 306 g/mol. The molecule has 0 saturated carbocycles. The van der Waals surface area contributed by atoms with Gasteiger partial charge in [0.1, 0.15) is 0 Å². The fourth-order valence-electron chi connectivity index (χ4n) is 4.24. The molecular formula is C21H22S. The van der Waals surface area contributed by atoms with Crippen LogP contribution in [0.25, 0.3) is 0 Å². The van der Waals surface area contributed by atoms with Crippen LogP contribution in [0.3, 0.4) is 0 Å². The molecule has 3 aliphatic carbocycles. The van der Waals surface area contributed by atoms with Crippen molar-refractivity contribution >= 4 is 11.8 Å². The van der Waals surface area contributed by atoms with Gasteiger partial charge in [0.15, 0.2) is 0 Å². The minimum Gasteiger partial charge on any atom is -0.122 e. The number of allylic oxidation sites excluding steroid dienone is 11. The Labute approximate surface area is 137 Å². The molecule has 0 saturated heterocycles. The summed E-state index contributed by atoms with van der Waals surface area (Å²) >= 11 is 1.93. The largest absolute Gasteiger partial charge is 0.122 e. The summed E-state index contributed by atoms with van der Waals surface area (Å²) in [7, 11) is 0. The van der Waals surface area contributed by atoms with Crippen molar-refractivity contribution in [2.24, 2.45) is 5.41 Å². The normalized spacial score (nSPS) is 26.4. The Morgan fingerprint density at radius 2 is 2.00 bits per heavy atom. The van der Waals surface area contributed by atoms with E-state index in [1.165, 1.54) is 39.0 Å². The van der Waals surface area contributed by atoms with Crippen LogP contribution in [0, 0.1) is 5.41 Å². The first-order valence-electron chi connectivity index (χ1n) is 8.05. The smallest absolute Gasteiger partial charge is 0.0530 e. The van der Waals surface area contributed by atoms with Crippen LogP contribution in [0.4, 0.5) is 0 Å². The van der Waals surface area contributed by atoms with Crippen LogP contribution in [0.5, 0.6) is 0 Å². The zero-order chi connectivity index (χ0) is 15.5. The third kappa shape index (κ3) is 1.85. The standard InChI is InChI=1S/C21H22S/c1-13-11-17-14(2)16-9-10-22-19(16)12-18(17)20(13)21(3,4)15-7-5-6-8-15/h5-7,9-12,19H,8H2,1-4H3.